The molecule has 1 unspecified atom stereocenters. The molecule has 0 bridgehead atoms. The van der Waals surface area contributed by atoms with Crippen molar-refractivity contribution >= 4 is 16.7 Å². The number of ether oxygens (including phenoxy) is 1. The number of hydrogen-bond donors (Lipinski definition) is 1. The van der Waals surface area contributed by atoms with Gasteiger partial charge in [0.2, 0.25) is 0 Å². The van der Waals surface area contributed by atoms with Crippen LogP contribution in [0.1, 0.15) is 23.5 Å². The van der Waals surface area contributed by atoms with Crippen LogP contribution in [0.15, 0.2) is 66.7 Å². The minimum absolute atomic E-state index is 0.393. The summed E-state index contributed by atoms with van der Waals surface area (Å²) in [5.74, 6) is -0.659. The van der Waals surface area contributed by atoms with Gasteiger partial charge in [0.15, 0.2) is 0 Å². The highest BCUT2D eigenvalue weighted by molar-refractivity contribution is 5.89. The maximum atomic E-state index is 12.0. The predicted octanol–water partition coefficient (Wildman–Crippen LogP) is 4.58. The number of carboxylic acid groups (broad SMARTS) is 1. The van der Waals surface area contributed by atoms with Crippen molar-refractivity contribution in [3.63, 3.8) is 0 Å². The number of hydrogen-bond acceptors (Lipinski definition) is 3. The van der Waals surface area contributed by atoms with Crippen molar-refractivity contribution in [1.82, 2.24) is 4.90 Å². The number of carboxylic acids is 1. The number of fused-ring (bicyclic) bond motifs is 1. The second-order valence-corrected chi connectivity index (χ2v) is 7.27. The molecule has 0 aliphatic rings. The molecule has 0 saturated heterocycles. The molecule has 0 fully saturated rings. The van der Waals surface area contributed by atoms with Gasteiger partial charge in [-0.2, -0.15) is 0 Å². The molecule has 0 saturated carbocycles. The summed E-state index contributed by atoms with van der Waals surface area (Å²) in [7, 11) is 4.08. The zero-order valence-electron chi connectivity index (χ0n) is 16.5. The molecule has 0 heterocycles. The Morgan fingerprint density at radius 1 is 1.00 bits per heavy atom. The zero-order valence-corrected chi connectivity index (χ0v) is 16.5. The molecule has 4 nitrogen and oxygen atoms in total. The van der Waals surface area contributed by atoms with Gasteiger partial charge in [0, 0.05) is 12.1 Å². The van der Waals surface area contributed by atoms with Crippen molar-refractivity contribution < 1.29 is 14.6 Å². The average Bonchev–Trinajstić information content (AvgIpc) is 2.70. The van der Waals surface area contributed by atoms with E-state index >= 15 is 0 Å². The van der Waals surface area contributed by atoms with E-state index in [4.69, 9.17) is 4.74 Å². The van der Waals surface area contributed by atoms with E-state index in [0.717, 1.165) is 40.6 Å². The van der Waals surface area contributed by atoms with E-state index in [2.05, 4.69) is 4.90 Å². The van der Waals surface area contributed by atoms with Gasteiger partial charge in [-0.1, -0.05) is 60.7 Å². The molecule has 0 aliphatic heterocycles. The third kappa shape index (κ3) is 4.90. The van der Waals surface area contributed by atoms with Gasteiger partial charge in [-0.3, -0.25) is 4.79 Å². The number of carbonyl (C=O) groups is 1. The summed E-state index contributed by atoms with van der Waals surface area (Å²) < 4.78 is 6.09. The molecule has 3 aromatic rings. The Balaban J connectivity index is 1.94. The number of nitrogens with zero attached hydrogens (tertiary/aromatic N) is 1. The monoisotopic (exact) mass is 377 g/mol. The lowest BCUT2D eigenvalue weighted by atomic mass is 9.89. The molecule has 146 valence electrons. The van der Waals surface area contributed by atoms with Crippen LogP contribution < -0.4 is 4.74 Å². The molecular formula is C24H27NO3. The predicted molar refractivity (Wildman–Crippen MR) is 113 cm³/mol. The minimum Gasteiger partial charge on any atom is -0.493 e. The molecule has 0 spiro atoms. The third-order valence-electron chi connectivity index (χ3n) is 4.91. The molecule has 0 radical (unpaired) electrons. The fourth-order valence-electron chi connectivity index (χ4n) is 3.46. The summed E-state index contributed by atoms with van der Waals surface area (Å²) >= 11 is 0. The number of benzene rings is 3. The highest BCUT2D eigenvalue weighted by Crippen LogP contribution is 2.33. The van der Waals surface area contributed by atoms with Crippen molar-refractivity contribution in [2.45, 2.75) is 18.8 Å². The van der Waals surface area contributed by atoms with E-state index < -0.39 is 11.9 Å². The van der Waals surface area contributed by atoms with Crippen molar-refractivity contribution in [3.05, 3.63) is 77.9 Å². The second kappa shape index (κ2) is 9.38. The summed E-state index contributed by atoms with van der Waals surface area (Å²) in [4.78, 5) is 14.2. The second-order valence-electron chi connectivity index (χ2n) is 7.27. The van der Waals surface area contributed by atoms with Crippen LogP contribution in [0.2, 0.25) is 0 Å². The van der Waals surface area contributed by atoms with E-state index in [0.29, 0.717) is 13.0 Å². The molecule has 4 heteroatoms. The first-order valence-corrected chi connectivity index (χ1v) is 9.62. The van der Waals surface area contributed by atoms with E-state index in [1.54, 1.807) is 0 Å². The van der Waals surface area contributed by atoms with Gasteiger partial charge in [0.25, 0.3) is 0 Å². The van der Waals surface area contributed by atoms with Gasteiger partial charge in [-0.05, 0) is 49.3 Å². The zero-order chi connectivity index (χ0) is 19.9. The van der Waals surface area contributed by atoms with Gasteiger partial charge in [0.1, 0.15) is 5.75 Å². The van der Waals surface area contributed by atoms with Crippen LogP contribution in [-0.2, 0) is 11.2 Å². The van der Waals surface area contributed by atoms with Crippen LogP contribution in [0.25, 0.3) is 10.8 Å². The van der Waals surface area contributed by atoms with Gasteiger partial charge in [-0.25, -0.2) is 0 Å². The Labute approximate surface area is 166 Å². The molecule has 0 aliphatic carbocycles. The molecule has 0 amide bonds. The molecular weight excluding hydrogens is 350 g/mol. The maximum Gasteiger partial charge on any atom is 0.311 e. The fraction of sp³-hybridized carbons (Fsp3) is 0.292. The Kier molecular flexibility index (Phi) is 6.66. The lowest BCUT2D eigenvalue weighted by Gasteiger charge is -2.19. The minimum atomic E-state index is -0.822. The van der Waals surface area contributed by atoms with Gasteiger partial charge < -0.3 is 14.7 Å². The molecule has 1 atom stereocenters. The first kappa shape index (κ1) is 19.9. The smallest absolute Gasteiger partial charge is 0.311 e. The molecule has 3 aromatic carbocycles. The van der Waals surface area contributed by atoms with Crippen LogP contribution in [0.3, 0.4) is 0 Å². The van der Waals surface area contributed by atoms with Crippen LogP contribution in [0.4, 0.5) is 0 Å². The van der Waals surface area contributed by atoms with Crippen LogP contribution in [0, 0.1) is 0 Å². The highest BCUT2D eigenvalue weighted by Gasteiger charge is 2.23. The fourth-order valence-corrected chi connectivity index (χ4v) is 3.46. The van der Waals surface area contributed by atoms with Crippen LogP contribution >= 0.6 is 0 Å². The summed E-state index contributed by atoms with van der Waals surface area (Å²) in [6.45, 7) is 1.55. The summed E-state index contributed by atoms with van der Waals surface area (Å²) in [5.41, 5.74) is 1.76. The topological polar surface area (TPSA) is 49.8 Å². The Morgan fingerprint density at radius 3 is 2.43 bits per heavy atom. The lowest BCUT2D eigenvalue weighted by molar-refractivity contribution is -0.138. The van der Waals surface area contributed by atoms with Crippen molar-refractivity contribution in [2.24, 2.45) is 0 Å². The molecule has 28 heavy (non-hydrogen) atoms. The SMILES string of the molecule is CN(C)CCCOc1ccc2ccccc2c1CC(C(=O)O)c1ccccc1. The standard InChI is InChI=1S/C24H27NO3/c1-25(2)15-8-16-28-23-14-13-19-11-6-7-12-20(19)22(23)17-21(24(26)27)18-9-4-3-5-10-18/h3-7,9-14,21H,8,15-17H2,1-2H3,(H,26,27). The molecule has 0 aromatic heterocycles. The van der Waals surface area contributed by atoms with E-state index in [9.17, 15) is 9.90 Å². The van der Waals surface area contributed by atoms with Gasteiger partial charge in [-0.15, -0.1) is 0 Å². The Hall–Kier alpha value is -2.85. The quantitative estimate of drug-likeness (QED) is 0.555. The lowest BCUT2D eigenvalue weighted by Crippen LogP contribution is -2.17. The number of rotatable bonds is 9. The molecule has 3 rings (SSSR count). The summed E-state index contributed by atoms with van der Waals surface area (Å²) in [6, 6.07) is 21.5. The first-order valence-electron chi connectivity index (χ1n) is 9.62. The van der Waals surface area contributed by atoms with Crippen molar-refractivity contribution in [2.75, 3.05) is 27.2 Å². The van der Waals surface area contributed by atoms with Crippen LogP contribution in [-0.4, -0.2) is 43.2 Å². The Bertz CT molecular complexity index is 922. The maximum absolute atomic E-state index is 12.0. The molecule has 1 N–H and O–H groups in total. The van der Waals surface area contributed by atoms with E-state index in [1.807, 2.05) is 80.8 Å². The summed E-state index contributed by atoms with van der Waals surface area (Å²) in [6.07, 6.45) is 1.31. The van der Waals surface area contributed by atoms with E-state index in [1.165, 1.54) is 0 Å². The number of aliphatic carboxylic acids is 1. The average molecular weight is 377 g/mol. The normalized spacial score (nSPS) is 12.2. The Morgan fingerprint density at radius 2 is 1.71 bits per heavy atom. The first-order chi connectivity index (χ1) is 13.6. The van der Waals surface area contributed by atoms with Crippen LogP contribution in [0.5, 0.6) is 5.75 Å². The highest BCUT2D eigenvalue weighted by atomic mass is 16.5. The van der Waals surface area contributed by atoms with Crippen molar-refractivity contribution in [3.8, 4) is 5.75 Å². The van der Waals surface area contributed by atoms with E-state index in [-0.39, 0.29) is 0 Å². The van der Waals surface area contributed by atoms with Crippen molar-refractivity contribution in [1.29, 1.82) is 0 Å². The largest absolute Gasteiger partial charge is 0.493 e. The third-order valence-corrected chi connectivity index (χ3v) is 4.91. The van der Waals surface area contributed by atoms with Gasteiger partial charge >= 0.3 is 5.97 Å². The summed E-state index contributed by atoms with van der Waals surface area (Å²) in [5, 5.41) is 12.0. The van der Waals surface area contributed by atoms with Gasteiger partial charge in [0.05, 0.1) is 12.5 Å².